The second kappa shape index (κ2) is 6.82. The van der Waals surface area contributed by atoms with Crippen LogP contribution in [0.15, 0.2) is 53.6 Å². The summed E-state index contributed by atoms with van der Waals surface area (Å²) in [6.45, 7) is 0. The lowest BCUT2D eigenvalue weighted by Gasteiger charge is -2.18. The van der Waals surface area contributed by atoms with E-state index in [0.29, 0.717) is 5.75 Å². The highest BCUT2D eigenvalue weighted by Crippen LogP contribution is 2.36. The van der Waals surface area contributed by atoms with E-state index in [0.717, 1.165) is 4.90 Å². The molecule has 2 amide bonds. The molecule has 0 spiro atoms. The predicted octanol–water partition coefficient (Wildman–Crippen LogP) is 1.30. The number of hydrazone groups is 1. The van der Waals surface area contributed by atoms with E-state index in [4.69, 9.17) is 4.74 Å². The third-order valence-corrected chi connectivity index (χ3v) is 4.82. The largest absolute Gasteiger partial charge is 0.495 e. The normalized spacial score (nSPS) is 20.2. The molecule has 10 heteroatoms. The smallest absolute Gasteiger partial charge is 0.269 e. The summed E-state index contributed by atoms with van der Waals surface area (Å²) in [6.07, 6.45) is 0. The molecule has 2 aliphatic heterocycles. The van der Waals surface area contributed by atoms with Crippen LogP contribution in [-0.4, -0.2) is 41.4 Å². The number of non-ortho nitro benzene ring substituents is 1. The third kappa shape index (κ3) is 2.81. The first-order chi connectivity index (χ1) is 13.9. The number of para-hydroxylation sites is 2. The molecular formula is C19H14N4O6. The number of anilines is 1. The van der Waals surface area contributed by atoms with Crippen molar-refractivity contribution in [1.82, 2.24) is 5.43 Å². The number of amides is 2. The van der Waals surface area contributed by atoms with E-state index in [-0.39, 0.29) is 22.6 Å². The molecule has 10 nitrogen and oxygen atoms in total. The first-order valence-electron chi connectivity index (χ1n) is 8.57. The highest BCUT2D eigenvalue weighted by Gasteiger charge is 2.55. The molecule has 0 unspecified atom stereocenters. The van der Waals surface area contributed by atoms with Gasteiger partial charge in [-0.2, -0.15) is 5.10 Å². The van der Waals surface area contributed by atoms with Crippen LogP contribution in [-0.2, 0) is 9.59 Å². The van der Waals surface area contributed by atoms with Gasteiger partial charge in [-0.15, -0.1) is 0 Å². The molecule has 2 aromatic carbocycles. The number of Topliss-reactive ketones (excluding diaryl/α,β-unsaturated/α-hetero) is 1. The van der Waals surface area contributed by atoms with Crippen LogP contribution in [0.25, 0.3) is 0 Å². The number of nitrogens with one attached hydrogen (secondary N) is 1. The topological polar surface area (TPSA) is 131 Å². The second-order valence-corrected chi connectivity index (χ2v) is 6.40. The van der Waals surface area contributed by atoms with E-state index in [1.54, 1.807) is 24.3 Å². The summed E-state index contributed by atoms with van der Waals surface area (Å²) in [4.78, 5) is 49.9. The maximum Gasteiger partial charge on any atom is 0.269 e. The number of carbonyl (C=O) groups is 3. The first kappa shape index (κ1) is 18.3. The molecule has 0 aliphatic carbocycles. The predicted molar refractivity (Wildman–Crippen MR) is 101 cm³/mol. The Labute approximate surface area is 163 Å². The van der Waals surface area contributed by atoms with Crippen molar-refractivity contribution in [3.05, 3.63) is 64.2 Å². The summed E-state index contributed by atoms with van der Waals surface area (Å²) in [5, 5.41) is 14.7. The van der Waals surface area contributed by atoms with Crippen LogP contribution in [0.4, 0.5) is 11.4 Å². The van der Waals surface area contributed by atoms with Crippen LogP contribution in [0, 0.1) is 16.0 Å². The number of hydrogen-bond donors (Lipinski definition) is 1. The number of nitro groups is 1. The van der Waals surface area contributed by atoms with Gasteiger partial charge in [0.1, 0.15) is 23.4 Å². The number of benzene rings is 2. The fraction of sp³-hybridized carbons (Fsp3) is 0.158. The molecule has 2 atom stereocenters. The highest BCUT2D eigenvalue weighted by atomic mass is 16.6. The quantitative estimate of drug-likeness (QED) is 0.350. The van der Waals surface area contributed by atoms with Crippen molar-refractivity contribution in [2.75, 3.05) is 12.0 Å². The average Bonchev–Trinajstić information content (AvgIpc) is 3.27. The van der Waals surface area contributed by atoms with Gasteiger partial charge in [0.05, 0.1) is 17.7 Å². The van der Waals surface area contributed by atoms with E-state index in [1.165, 1.54) is 31.4 Å². The monoisotopic (exact) mass is 394 g/mol. The van der Waals surface area contributed by atoms with E-state index >= 15 is 0 Å². The molecule has 2 aromatic rings. The molecule has 0 aromatic heterocycles. The van der Waals surface area contributed by atoms with Crippen LogP contribution in [0.3, 0.4) is 0 Å². The lowest BCUT2D eigenvalue weighted by atomic mass is 9.92. The Bertz CT molecular complexity index is 1080. The van der Waals surface area contributed by atoms with Gasteiger partial charge in [0, 0.05) is 17.7 Å². The molecule has 29 heavy (non-hydrogen) atoms. The molecule has 0 radical (unpaired) electrons. The van der Waals surface area contributed by atoms with E-state index < -0.39 is 34.5 Å². The standard InChI is InChI=1S/C19H14N4O6/c1-29-13-5-3-2-4-12(13)22-18(25)14-15(20-21-16(14)19(22)26)17(24)10-6-8-11(9-7-10)23(27)28/h2-9,14,16,21H,1H3/t14-,16+/m1/s1. The minimum atomic E-state index is -1.09. The molecule has 0 saturated carbocycles. The van der Waals surface area contributed by atoms with E-state index in [1.807, 2.05) is 0 Å². The van der Waals surface area contributed by atoms with Crippen molar-refractivity contribution >= 4 is 34.7 Å². The third-order valence-electron chi connectivity index (χ3n) is 4.82. The van der Waals surface area contributed by atoms with Gasteiger partial charge in [0.15, 0.2) is 0 Å². The van der Waals surface area contributed by atoms with Gasteiger partial charge >= 0.3 is 0 Å². The zero-order chi connectivity index (χ0) is 20.7. The number of fused-ring (bicyclic) bond motifs is 1. The number of rotatable bonds is 5. The first-order valence-corrected chi connectivity index (χ1v) is 8.57. The number of nitrogens with zero attached hydrogens (tertiary/aromatic N) is 3. The van der Waals surface area contributed by atoms with Gasteiger partial charge < -0.3 is 4.74 Å². The van der Waals surface area contributed by atoms with Gasteiger partial charge in [0.25, 0.3) is 11.6 Å². The maximum absolute atomic E-state index is 13.0. The van der Waals surface area contributed by atoms with Gasteiger partial charge in [0.2, 0.25) is 11.7 Å². The Morgan fingerprint density at radius 1 is 1.14 bits per heavy atom. The highest BCUT2D eigenvalue weighted by molar-refractivity contribution is 6.52. The molecule has 0 bridgehead atoms. The minimum absolute atomic E-state index is 0.111. The molecule has 4 rings (SSSR count). The van der Waals surface area contributed by atoms with Crippen molar-refractivity contribution in [3.8, 4) is 5.75 Å². The molecule has 1 saturated heterocycles. The van der Waals surface area contributed by atoms with Crippen molar-refractivity contribution in [3.63, 3.8) is 0 Å². The van der Waals surface area contributed by atoms with E-state index in [2.05, 4.69) is 10.5 Å². The second-order valence-electron chi connectivity index (χ2n) is 6.40. The molecular weight excluding hydrogens is 380 g/mol. The maximum atomic E-state index is 13.0. The van der Waals surface area contributed by atoms with Crippen molar-refractivity contribution in [1.29, 1.82) is 0 Å². The van der Waals surface area contributed by atoms with Crippen molar-refractivity contribution < 1.29 is 24.0 Å². The zero-order valence-electron chi connectivity index (χ0n) is 15.1. The average molecular weight is 394 g/mol. The Morgan fingerprint density at radius 3 is 2.48 bits per heavy atom. The molecule has 146 valence electrons. The summed E-state index contributed by atoms with van der Waals surface area (Å²) in [7, 11) is 1.42. The van der Waals surface area contributed by atoms with Crippen LogP contribution < -0.4 is 15.1 Å². The van der Waals surface area contributed by atoms with Gasteiger partial charge in [-0.3, -0.25) is 29.9 Å². The fourth-order valence-electron chi connectivity index (χ4n) is 3.41. The van der Waals surface area contributed by atoms with Crippen molar-refractivity contribution in [2.45, 2.75) is 6.04 Å². The number of ether oxygens (including phenoxy) is 1. The SMILES string of the molecule is COc1ccccc1N1C(=O)[C@@H]2C(C(=O)c3ccc([N+](=O)[O-])cc3)=NN[C@@H]2C1=O. The van der Waals surface area contributed by atoms with Crippen LogP contribution in [0.2, 0.25) is 0 Å². The molecule has 1 N–H and O–H groups in total. The number of ketones is 1. The summed E-state index contributed by atoms with van der Waals surface area (Å²) in [5.74, 6) is -2.46. The van der Waals surface area contributed by atoms with Gasteiger partial charge in [-0.05, 0) is 24.3 Å². The lowest BCUT2D eigenvalue weighted by molar-refractivity contribution is -0.384. The number of carbonyl (C=O) groups excluding carboxylic acids is 3. The van der Waals surface area contributed by atoms with Crippen molar-refractivity contribution in [2.24, 2.45) is 11.0 Å². The number of nitro benzene ring substituents is 1. The minimum Gasteiger partial charge on any atom is -0.495 e. The van der Waals surface area contributed by atoms with Crippen LogP contribution in [0.5, 0.6) is 5.75 Å². The Balaban J connectivity index is 1.65. The summed E-state index contributed by atoms with van der Waals surface area (Å²) in [6, 6.07) is 10.5. The fourth-order valence-corrected chi connectivity index (χ4v) is 3.41. The molecule has 2 aliphatic rings. The Morgan fingerprint density at radius 2 is 1.83 bits per heavy atom. The van der Waals surface area contributed by atoms with Gasteiger partial charge in [-0.1, -0.05) is 12.1 Å². The van der Waals surface area contributed by atoms with Gasteiger partial charge in [-0.25, -0.2) is 4.90 Å². The summed E-state index contributed by atoms with van der Waals surface area (Å²) in [5.41, 5.74) is 2.71. The zero-order valence-corrected chi connectivity index (χ0v) is 15.1. The molecule has 2 heterocycles. The number of methoxy groups -OCH3 is 1. The van der Waals surface area contributed by atoms with Crippen LogP contribution >= 0.6 is 0 Å². The Hall–Kier alpha value is -4.08. The summed E-state index contributed by atoms with van der Waals surface area (Å²) < 4.78 is 5.23. The van der Waals surface area contributed by atoms with E-state index in [9.17, 15) is 24.5 Å². The van der Waals surface area contributed by atoms with Crippen LogP contribution in [0.1, 0.15) is 10.4 Å². The molecule has 1 fully saturated rings. The number of hydrogen-bond acceptors (Lipinski definition) is 8. The Kier molecular flexibility index (Phi) is 4.30. The number of imide groups is 1. The lowest BCUT2D eigenvalue weighted by Crippen LogP contribution is -2.36. The summed E-state index contributed by atoms with van der Waals surface area (Å²) >= 11 is 0.